The van der Waals surface area contributed by atoms with Gasteiger partial charge in [-0.3, -0.25) is 0 Å². The predicted molar refractivity (Wildman–Crippen MR) is 83.8 cm³/mol. The van der Waals surface area contributed by atoms with E-state index in [-0.39, 0.29) is 12.6 Å². The Balaban J connectivity index is 2.20. The summed E-state index contributed by atoms with van der Waals surface area (Å²) in [7, 11) is 0. The molecule has 0 aliphatic heterocycles. The molecule has 0 saturated heterocycles. The van der Waals surface area contributed by atoms with Crippen molar-refractivity contribution in [3.05, 3.63) is 34.4 Å². The van der Waals surface area contributed by atoms with E-state index in [9.17, 15) is 5.11 Å². The summed E-state index contributed by atoms with van der Waals surface area (Å²) in [6.45, 7) is 7.34. The number of aliphatic hydroxyl groups excluding tert-OH is 1. The van der Waals surface area contributed by atoms with Crippen molar-refractivity contribution in [3.8, 4) is 0 Å². The van der Waals surface area contributed by atoms with E-state index in [4.69, 9.17) is 5.73 Å². The van der Waals surface area contributed by atoms with Crippen LogP contribution in [0.5, 0.6) is 0 Å². The van der Waals surface area contributed by atoms with Crippen molar-refractivity contribution in [2.75, 3.05) is 13.2 Å². The van der Waals surface area contributed by atoms with Gasteiger partial charge in [-0.1, -0.05) is 24.1 Å². The molecule has 112 valence electrons. The van der Waals surface area contributed by atoms with Crippen LogP contribution in [0.25, 0.3) is 0 Å². The van der Waals surface area contributed by atoms with Crippen LogP contribution >= 0.6 is 0 Å². The van der Waals surface area contributed by atoms with E-state index in [0.717, 1.165) is 12.8 Å². The van der Waals surface area contributed by atoms with Gasteiger partial charge in [-0.05, 0) is 56.2 Å². The molecule has 1 fully saturated rings. The molecular formula is C17H28N2O. The summed E-state index contributed by atoms with van der Waals surface area (Å²) in [6.07, 6.45) is 3.47. The van der Waals surface area contributed by atoms with Crippen LogP contribution in [0.2, 0.25) is 0 Å². The van der Waals surface area contributed by atoms with Crippen molar-refractivity contribution in [1.29, 1.82) is 0 Å². The lowest BCUT2D eigenvalue weighted by molar-refractivity contribution is 0.199. The summed E-state index contributed by atoms with van der Waals surface area (Å²) in [5.41, 5.74) is 11.3. The largest absolute Gasteiger partial charge is 0.396 e. The molecule has 3 nitrogen and oxygen atoms in total. The zero-order chi connectivity index (χ0) is 14.7. The van der Waals surface area contributed by atoms with Gasteiger partial charge in [0.05, 0.1) is 0 Å². The van der Waals surface area contributed by atoms with Crippen LogP contribution in [-0.2, 0) is 0 Å². The molecule has 1 aliphatic rings. The maximum atomic E-state index is 9.47. The van der Waals surface area contributed by atoms with Crippen molar-refractivity contribution in [2.45, 2.75) is 52.1 Å². The number of aliphatic hydroxyl groups is 1. The van der Waals surface area contributed by atoms with Gasteiger partial charge in [0, 0.05) is 25.2 Å². The summed E-state index contributed by atoms with van der Waals surface area (Å²) in [6, 6.07) is 5.04. The molecule has 4 N–H and O–H groups in total. The van der Waals surface area contributed by atoms with Crippen LogP contribution in [0.3, 0.4) is 0 Å². The van der Waals surface area contributed by atoms with E-state index < -0.39 is 0 Å². The molecule has 0 radical (unpaired) electrons. The Bertz CT molecular complexity index is 435. The number of nitrogens with one attached hydrogen (secondary N) is 1. The minimum atomic E-state index is 0.188. The summed E-state index contributed by atoms with van der Waals surface area (Å²) in [5.74, 6) is 0.384. The van der Waals surface area contributed by atoms with Crippen molar-refractivity contribution in [2.24, 2.45) is 11.7 Å². The molecular weight excluding hydrogens is 248 g/mol. The molecule has 3 atom stereocenters. The molecule has 1 saturated carbocycles. The zero-order valence-electron chi connectivity index (χ0n) is 12.9. The topological polar surface area (TPSA) is 58.3 Å². The van der Waals surface area contributed by atoms with E-state index >= 15 is 0 Å². The molecule has 1 aromatic carbocycles. The summed E-state index contributed by atoms with van der Waals surface area (Å²) in [4.78, 5) is 0. The van der Waals surface area contributed by atoms with Gasteiger partial charge in [0.25, 0.3) is 0 Å². The van der Waals surface area contributed by atoms with Crippen molar-refractivity contribution in [3.63, 3.8) is 0 Å². The second-order valence-electron chi connectivity index (χ2n) is 6.25. The number of hydrogen-bond donors (Lipinski definition) is 3. The number of nitrogens with two attached hydrogens (primary N) is 1. The number of rotatable bonds is 5. The lowest BCUT2D eigenvalue weighted by Crippen LogP contribution is -2.40. The highest BCUT2D eigenvalue weighted by atomic mass is 16.3. The monoisotopic (exact) mass is 276 g/mol. The van der Waals surface area contributed by atoms with Crippen molar-refractivity contribution < 1.29 is 5.11 Å². The summed E-state index contributed by atoms with van der Waals surface area (Å²) >= 11 is 0. The molecule has 1 aromatic rings. The first-order chi connectivity index (χ1) is 9.56. The van der Waals surface area contributed by atoms with E-state index in [0.29, 0.717) is 18.5 Å². The number of aryl methyl sites for hydroxylation is 3. The average molecular weight is 276 g/mol. The van der Waals surface area contributed by atoms with Crippen LogP contribution in [0.4, 0.5) is 0 Å². The highest BCUT2D eigenvalue weighted by molar-refractivity contribution is 5.40. The zero-order valence-corrected chi connectivity index (χ0v) is 12.9. The molecule has 20 heavy (non-hydrogen) atoms. The van der Waals surface area contributed by atoms with Gasteiger partial charge in [0.2, 0.25) is 0 Å². The fourth-order valence-corrected chi connectivity index (χ4v) is 3.74. The Kier molecular flexibility index (Phi) is 5.19. The highest BCUT2D eigenvalue weighted by Gasteiger charge is 2.29. The third-order valence-electron chi connectivity index (χ3n) is 4.63. The molecule has 3 heteroatoms. The highest BCUT2D eigenvalue weighted by Crippen LogP contribution is 2.29. The molecule has 0 spiro atoms. The minimum Gasteiger partial charge on any atom is -0.396 e. The Labute approximate surface area is 122 Å². The molecule has 1 aliphatic carbocycles. The van der Waals surface area contributed by atoms with E-state index in [1.165, 1.54) is 28.7 Å². The first-order valence-electron chi connectivity index (χ1n) is 7.71. The van der Waals surface area contributed by atoms with Crippen LogP contribution < -0.4 is 11.1 Å². The van der Waals surface area contributed by atoms with E-state index in [1.54, 1.807) is 0 Å². The molecule has 0 aromatic heterocycles. The van der Waals surface area contributed by atoms with E-state index in [2.05, 4.69) is 38.2 Å². The molecule has 0 amide bonds. The first-order valence-corrected chi connectivity index (χ1v) is 7.71. The van der Waals surface area contributed by atoms with E-state index in [1.807, 2.05) is 0 Å². The number of hydrogen-bond acceptors (Lipinski definition) is 3. The molecule has 2 rings (SSSR count). The lowest BCUT2D eigenvalue weighted by atomic mass is 9.92. The smallest absolute Gasteiger partial charge is 0.0474 e. The van der Waals surface area contributed by atoms with Gasteiger partial charge in [0.1, 0.15) is 0 Å². The van der Waals surface area contributed by atoms with Crippen LogP contribution in [-0.4, -0.2) is 24.3 Å². The standard InChI is InChI=1S/C17H28N2O/c1-11-7-12(2)17(13(3)8-11)16(9-18)19-15-6-4-5-14(15)10-20/h7-8,14-16,19-20H,4-6,9-10,18H2,1-3H3. The predicted octanol–water partition coefficient (Wildman–Crippen LogP) is 2.36. The minimum absolute atomic E-state index is 0.188. The summed E-state index contributed by atoms with van der Waals surface area (Å²) in [5, 5.41) is 13.2. The second-order valence-corrected chi connectivity index (χ2v) is 6.25. The Hall–Kier alpha value is -0.900. The number of benzene rings is 1. The lowest BCUT2D eigenvalue weighted by Gasteiger charge is -2.28. The normalized spacial score (nSPS) is 24.1. The summed E-state index contributed by atoms with van der Waals surface area (Å²) < 4.78 is 0. The van der Waals surface area contributed by atoms with Crippen LogP contribution in [0, 0.1) is 26.7 Å². The third kappa shape index (κ3) is 3.22. The van der Waals surface area contributed by atoms with Gasteiger partial charge in [-0.25, -0.2) is 0 Å². The second kappa shape index (κ2) is 6.70. The van der Waals surface area contributed by atoms with Crippen LogP contribution in [0.1, 0.15) is 47.6 Å². The van der Waals surface area contributed by atoms with Crippen molar-refractivity contribution in [1.82, 2.24) is 5.32 Å². The fourth-order valence-electron chi connectivity index (χ4n) is 3.74. The maximum Gasteiger partial charge on any atom is 0.0474 e. The maximum absolute atomic E-state index is 9.47. The Morgan fingerprint density at radius 2 is 1.90 bits per heavy atom. The Morgan fingerprint density at radius 3 is 2.45 bits per heavy atom. The molecule has 0 heterocycles. The molecule has 0 bridgehead atoms. The van der Waals surface area contributed by atoms with Gasteiger partial charge in [-0.15, -0.1) is 0 Å². The average Bonchev–Trinajstić information content (AvgIpc) is 2.83. The quantitative estimate of drug-likeness (QED) is 0.774. The van der Waals surface area contributed by atoms with Gasteiger partial charge in [0.15, 0.2) is 0 Å². The SMILES string of the molecule is Cc1cc(C)c(C(CN)NC2CCCC2CO)c(C)c1. The van der Waals surface area contributed by atoms with Gasteiger partial charge >= 0.3 is 0 Å². The molecule has 3 unspecified atom stereocenters. The third-order valence-corrected chi connectivity index (χ3v) is 4.63. The van der Waals surface area contributed by atoms with Crippen molar-refractivity contribution >= 4 is 0 Å². The first kappa shape index (κ1) is 15.5. The van der Waals surface area contributed by atoms with Gasteiger partial charge in [-0.2, -0.15) is 0 Å². The van der Waals surface area contributed by atoms with Gasteiger partial charge < -0.3 is 16.2 Å². The van der Waals surface area contributed by atoms with Crippen LogP contribution in [0.15, 0.2) is 12.1 Å². The Morgan fingerprint density at radius 1 is 1.25 bits per heavy atom. The fraction of sp³-hybridized carbons (Fsp3) is 0.647.